The van der Waals surface area contributed by atoms with E-state index in [1.165, 1.54) is 0 Å². The summed E-state index contributed by atoms with van der Waals surface area (Å²) in [4.78, 5) is 4.39. The highest BCUT2D eigenvalue weighted by Crippen LogP contribution is 2.18. The molecule has 0 bridgehead atoms. The summed E-state index contributed by atoms with van der Waals surface area (Å²) in [5.41, 5.74) is 0. The number of nitrogens with zero attached hydrogens (tertiary/aromatic N) is 2. The van der Waals surface area contributed by atoms with E-state index >= 15 is 0 Å². The molecule has 0 amide bonds. The Labute approximate surface area is 84.1 Å². The molecule has 0 aromatic carbocycles. The maximum absolute atomic E-state index is 5.20. The lowest BCUT2D eigenvalue weighted by molar-refractivity contribution is 0.306. The van der Waals surface area contributed by atoms with Gasteiger partial charge in [0, 0.05) is 19.5 Å². The van der Waals surface area contributed by atoms with Crippen LogP contribution in [0.1, 0.15) is 37.9 Å². The Morgan fingerprint density at radius 1 is 1.50 bits per heavy atom. The average Bonchev–Trinajstić information content (AvgIpc) is 2.46. The Kier molecular flexibility index (Phi) is 2.82. The van der Waals surface area contributed by atoms with Crippen LogP contribution in [0.3, 0.4) is 0 Å². The first-order valence-corrected chi connectivity index (χ1v) is 5.29. The molecule has 4 heteroatoms. The molecule has 1 aliphatic rings. The molecule has 2 heterocycles. The zero-order valence-electron chi connectivity index (χ0n) is 8.79. The lowest BCUT2D eigenvalue weighted by atomic mass is 10.0. The van der Waals surface area contributed by atoms with Crippen molar-refractivity contribution in [2.24, 2.45) is 5.92 Å². The van der Waals surface area contributed by atoms with E-state index in [4.69, 9.17) is 4.52 Å². The van der Waals surface area contributed by atoms with Gasteiger partial charge in [0.2, 0.25) is 5.89 Å². The van der Waals surface area contributed by atoms with Crippen molar-refractivity contribution in [1.82, 2.24) is 15.5 Å². The molecule has 0 aliphatic carbocycles. The van der Waals surface area contributed by atoms with E-state index in [1.54, 1.807) is 0 Å². The molecule has 1 saturated heterocycles. The van der Waals surface area contributed by atoms with Crippen LogP contribution >= 0.6 is 0 Å². The summed E-state index contributed by atoms with van der Waals surface area (Å²) in [6.07, 6.45) is 2.06. The first-order valence-electron chi connectivity index (χ1n) is 5.29. The Hall–Kier alpha value is -0.900. The summed E-state index contributed by atoms with van der Waals surface area (Å²) in [6.45, 7) is 6.37. The zero-order valence-corrected chi connectivity index (χ0v) is 8.79. The van der Waals surface area contributed by atoms with Crippen molar-refractivity contribution in [3.05, 3.63) is 11.7 Å². The van der Waals surface area contributed by atoms with Crippen LogP contribution in [0.4, 0.5) is 0 Å². The fraction of sp³-hybridized carbons (Fsp3) is 0.800. The summed E-state index contributed by atoms with van der Waals surface area (Å²) in [6, 6.07) is 0. The normalized spacial score (nSPS) is 17.4. The van der Waals surface area contributed by atoms with Crippen molar-refractivity contribution < 1.29 is 4.52 Å². The average molecular weight is 195 g/mol. The van der Waals surface area contributed by atoms with Gasteiger partial charge < -0.3 is 9.84 Å². The van der Waals surface area contributed by atoms with Crippen LogP contribution in [0.2, 0.25) is 0 Å². The second-order valence-electron chi connectivity index (χ2n) is 4.34. The molecular formula is C10H17N3O. The van der Waals surface area contributed by atoms with Crippen molar-refractivity contribution in [3.63, 3.8) is 0 Å². The number of aryl methyl sites for hydroxylation is 1. The lowest BCUT2D eigenvalue weighted by Crippen LogP contribution is -2.40. The Balaban J connectivity index is 1.89. The minimum absolute atomic E-state index is 0.454. The third kappa shape index (κ3) is 2.12. The highest BCUT2D eigenvalue weighted by Gasteiger charge is 2.24. The van der Waals surface area contributed by atoms with E-state index in [0.717, 1.165) is 37.6 Å². The molecule has 1 aliphatic heterocycles. The van der Waals surface area contributed by atoms with Crippen LogP contribution in [0, 0.1) is 5.92 Å². The van der Waals surface area contributed by atoms with Crippen LogP contribution in [-0.2, 0) is 6.42 Å². The van der Waals surface area contributed by atoms with Gasteiger partial charge in [0.1, 0.15) is 0 Å². The molecule has 0 radical (unpaired) electrons. The van der Waals surface area contributed by atoms with Crippen molar-refractivity contribution in [3.8, 4) is 0 Å². The highest BCUT2D eigenvalue weighted by atomic mass is 16.5. The van der Waals surface area contributed by atoms with E-state index in [0.29, 0.717) is 11.8 Å². The second-order valence-corrected chi connectivity index (χ2v) is 4.34. The van der Waals surface area contributed by atoms with Gasteiger partial charge in [-0.2, -0.15) is 4.98 Å². The largest absolute Gasteiger partial charge is 0.339 e. The van der Waals surface area contributed by atoms with Gasteiger partial charge in [-0.1, -0.05) is 19.0 Å². The SMILES string of the molecule is CC(C)CCc1noc(C2CNC2)n1. The highest BCUT2D eigenvalue weighted by molar-refractivity contribution is 5.00. The summed E-state index contributed by atoms with van der Waals surface area (Å²) in [7, 11) is 0. The standard InChI is InChI=1S/C10H17N3O/c1-7(2)3-4-9-12-10(14-13-9)8-5-11-6-8/h7-8,11H,3-6H2,1-2H3. The number of nitrogens with one attached hydrogen (secondary N) is 1. The number of aromatic nitrogens is 2. The van der Waals surface area contributed by atoms with Gasteiger partial charge >= 0.3 is 0 Å². The first-order chi connectivity index (χ1) is 6.75. The fourth-order valence-corrected chi connectivity index (χ4v) is 1.42. The summed E-state index contributed by atoms with van der Waals surface area (Å²) in [5.74, 6) is 2.82. The molecule has 0 unspecified atom stereocenters. The molecule has 1 N–H and O–H groups in total. The van der Waals surface area contributed by atoms with Crippen LogP contribution in [0.5, 0.6) is 0 Å². The molecular weight excluding hydrogens is 178 g/mol. The van der Waals surface area contributed by atoms with Crippen LogP contribution < -0.4 is 5.32 Å². The van der Waals surface area contributed by atoms with Gasteiger partial charge in [-0.15, -0.1) is 0 Å². The molecule has 4 nitrogen and oxygen atoms in total. The third-order valence-corrected chi connectivity index (χ3v) is 2.56. The fourth-order valence-electron chi connectivity index (χ4n) is 1.42. The van der Waals surface area contributed by atoms with Gasteiger partial charge in [-0.3, -0.25) is 0 Å². The molecule has 1 aromatic rings. The van der Waals surface area contributed by atoms with Crippen molar-refractivity contribution >= 4 is 0 Å². The monoisotopic (exact) mass is 195 g/mol. The molecule has 14 heavy (non-hydrogen) atoms. The molecule has 1 aromatic heterocycles. The van der Waals surface area contributed by atoms with Gasteiger partial charge in [0.15, 0.2) is 5.82 Å². The van der Waals surface area contributed by atoms with Gasteiger partial charge in [-0.05, 0) is 12.3 Å². The Bertz CT molecular complexity index is 291. The van der Waals surface area contributed by atoms with E-state index in [-0.39, 0.29) is 0 Å². The number of hydrogen-bond acceptors (Lipinski definition) is 4. The van der Waals surface area contributed by atoms with Gasteiger partial charge in [0.05, 0.1) is 5.92 Å². The first kappa shape index (κ1) is 9.65. The van der Waals surface area contributed by atoms with E-state index < -0.39 is 0 Å². The molecule has 0 saturated carbocycles. The molecule has 0 atom stereocenters. The minimum atomic E-state index is 0.454. The smallest absolute Gasteiger partial charge is 0.232 e. The van der Waals surface area contributed by atoms with E-state index in [1.807, 2.05) is 0 Å². The summed E-state index contributed by atoms with van der Waals surface area (Å²) in [5, 5.41) is 7.17. The summed E-state index contributed by atoms with van der Waals surface area (Å²) >= 11 is 0. The molecule has 0 spiro atoms. The van der Waals surface area contributed by atoms with Crippen LogP contribution in [0.25, 0.3) is 0 Å². The second kappa shape index (κ2) is 4.09. The quantitative estimate of drug-likeness (QED) is 0.787. The number of hydrogen-bond donors (Lipinski definition) is 1. The van der Waals surface area contributed by atoms with Crippen LogP contribution in [0.15, 0.2) is 4.52 Å². The van der Waals surface area contributed by atoms with Crippen molar-refractivity contribution in [2.45, 2.75) is 32.6 Å². The molecule has 1 fully saturated rings. The predicted molar refractivity (Wildman–Crippen MR) is 53.1 cm³/mol. The van der Waals surface area contributed by atoms with Crippen molar-refractivity contribution in [1.29, 1.82) is 0 Å². The van der Waals surface area contributed by atoms with Gasteiger partial charge in [0.25, 0.3) is 0 Å². The predicted octanol–water partition coefficient (Wildman–Crippen LogP) is 1.34. The topological polar surface area (TPSA) is 51.0 Å². The van der Waals surface area contributed by atoms with E-state index in [2.05, 4.69) is 29.3 Å². The van der Waals surface area contributed by atoms with Crippen LogP contribution in [-0.4, -0.2) is 23.2 Å². The minimum Gasteiger partial charge on any atom is -0.339 e. The molecule has 78 valence electrons. The van der Waals surface area contributed by atoms with E-state index in [9.17, 15) is 0 Å². The third-order valence-electron chi connectivity index (χ3n) is 2.56. The zero-order chi connectivity index (χ0) is 9.97. The lowest BCUT2D eigenvalue weighted by Gasteiger charge is -2.22. The van der Waals surface area contributed by atoms with Gasteiger partial charge in [-0.25, -0.2) is 0 Å². The Morgan fingerprint density at radius 2 is 2.29 bits per heavy atom. The maximum Gasteiger partial charge on any atom is 0.232 e. The molecule has 2 rings (SSSR count). The summed E-state index contributed by atoms with van der Waals surface area (Å²) < 4.78 is 5.20. The maximum atomic E-state index is 5.20. The number of rotatable bonds is 4. The van der Waals surface area contributed by atoms with Crippen molar-refractivity contribution in [2.75, 3.05) is 13.1 Å². The Morgan fingerprint density at radius 3 is 2.86 bits per heavy atom.